The molecule has 1 N–H and O–H groups in total. The lowest BCUT2D eigenvalue weighted by atomic mass is 9.87. The second kappa shape index (κ2) is 5.84. The number of carbonyl (C=O) groups is 1. The molecule has 4 heteroatoms. The zero-order valence-electron chi connectivity index (χ0n) is 14.2. The highest BCUT2D eigenvalue weighted by Gasteiger charge is 2.19. The molecule has 0 bridgehead atoms. The van der Waals surface area contributed by atoms with E-state index in [1.807, 2.05) is 29.6 Å². The molecule has 0 aliphatic rings. The molecule has 1 amide bonds. The molecule has 0 atom stereocenters. The first kappa shape index (κ1) is 16.7. The van der Waals surface area contributed by atoms with Gasteiger partial charge in [-0.05, 0) is 23.1 Å². The van der Waals surface area contributed by atoms with Crippen LogP contribution in [0.4, 0.5) is 5.13 Å². The fraction of sp³-hybridized carbons (Fsp3) is 0.444. The van der Waals surface area contributed by atoms with Crippen molar-refractivity contribution >= 4 is 22.4 Å². The Balaban J connectivity index is 2.11. The Kier molecular flexibility index (Phi) is 4.43. The number of hydrogen-bond donors (Lipinski definition) is 1. The van der Waals surface area contributed by atoms with E-state index in [1.54, 1.807) is 0 Å². The molecule has 22 heavy (non-hydrogen) atoms. The maximum absolute atomic E-state index is 12.3. The van der Waals surface area contributed by atoms with Crippen LogP contribution in [0.1, 0.15) is 63.2 Å². The smallest absolute Gasteiger partial charge is 0.257 e. The maximum Gasteiger partial charge on any atom is 0.257 e. The zero-order chi connectivity index (χ0) is 16.5. The topological polar surface area (TPSA) is 42.0 Å². The van der Waals surface area contributed by atoms with E-state index in [2.05, 4.69) is 51.8 Å². The molecule has 1 heterocycles. The number of rotatable bonds is 2. The first-order valence-corrected chi connectivity index (χ1v) is 8.33. The molecule has 0 aliphatic heterocycles. The van der Waals surface area contributed by atoms with Crippen LogP contribution in [0.5, 0.6) is 0 Å². The van der Waals surface area contributed by atoms with E-state index in [0.717, 1.165) is 5.69 Å². The maximum atomic E-state index is 12.3. The molecule has 0 fully saturated rings. The van der Waals surface area contributed by atoms with Gasteiger partial charge < -0.3 is 0 Å². The van der Waals surface area contributed by atoms with Gasteiger partial charge in [-0.1, -0.05) is 53.7 Å². The summed E-state index contributed by atoms with van der Waals surface area (Å²) in [5.74, 6) is -0.115. The van der Waals surface area contributed by atoms with Crippen LogP contribution in [0.15, 0.2) is 29.6 Å². The van der Waals surface area contributed by atoms with Crippen LogP contribution in [0.3, 0.4) is 0 Å². The lowest BCUT2D eigenvalue weighted by molar-refractivity contribution is 0.102. The van der Waals surface area contributed by atoms with Crippen LogP contribution < -0.4 is 5.32 Å². The number of anilines is 1. The quantitative estimate of drug-likeness (QED) is 0.848. The van der Waals surface area contributed by atoms with Gasteiger partial charge in [0.05, 0.1) is 5.69 Å². The minimum absolute atomic E-state index is 0.00612. The van der Waals surface area contributed by atoms with Crippen molar-refractivity contribution in [2.45, 2.75) is 52.4 Å². The third-order valence-corrected chi connectivity index (χ3v) is 4.26. The van der Waals surface area contributed by atoms with E-state index < -0.39 is 0 Å². The summed E-state index contributed by atoms with van der Waals surface area (Å²) in [4.78, 5) is 16.8. The molecule has 0 aliphatic carbocycles. The van der Waals surface area contributed by atoms with E-state index >= 15 is 0 Å². The predicted octanol–water partition coefficient (Wildman–Crippen LogP) is 4.99. The van der Waals surface area contributed by atoms with Crippen molar-refractivity contribution < 1.29 is 4.79 Å². The lowest BCUT2D eigenvalue weighted by Gasteiger charge is -2.18. The standard InChI is InChI=1S/C18H24N2OS/c1-17(2,3)13-9-7-12(8-10-13)15(21)20-16-19-14(11-22-16)18(4,5)6/h7-11H,1-6H3,(H,19,20,21). The predicted molar refractivity (Wildman–Crippen MR) is 93.9 cm³/mol. The summed E-state index contributed by atoms with van der Waals surface area (Å²) in [6.07, 6.45) is 0. The average molecular weight is 316 g/mol. The van der Waals surface area contributed by atoms with Gasteiger partial charge in [0.2, 0.25) is 0 Å². The van der Waals surface area contributed by atoms with Gasteiger partial charge in [0.25, 0.3) is 5.91 Å². The van der Waals surface area contributed by atoms with Crippen LogP contribution >= 0.6 is 11.3 Å². The van der Waals surface area contributed by atoms with Gasteiger partial charge in [-0.15, -0.1) is 11.3 Å². The summed E-state index contributed by atoms with van der Waals surface area (Å²) in [5.41, 5.74) is 2.95. The van der Waals surface area contributed by atoms with Gasteiger partial charge in [-0.3, -0.25) is 10.1 Å². The van der Waals surface area contributed by atoms with Crippen molar-refractivity contribution in [1.82, 2.24) is 4.98 Å². The van der Waals surface area contributed by atoms with E-state index in [0.29, 0.717) is 10.7 Å². The number of carbonyl (C=O) groups excluding carboxylic acids is 1. The largest absolute Gasteiger partial charge is 0.298 e. The average Bonchev–Trinajstić information content (AvgIpc) is 2.86. The van der Waals surface area contributed by atoms with Crippen molar-refractivity contribution in [1.29, 1.82) is 0 Å². The van der Waals surface area contributed by atoms with Crippen LogP contribution in [0, 0.1) is 0 Å². The van der Waals surface area contributed by atoms with Crippen LogP contribution in [0.25, 0.3) is 0 Å². The first-order chi connectivity index (χ1) is 10.1. The fourth-order valence-electron chi connectivity index (χ4n) is 1.97. The third-order valence-electron chi connectivity index (χ3n) is 3.51. The summed E-state index contributed by atoms with van der Waals surface area (Å²) in [5, 5.41) is 5.52. The number of thiazole rings is 1. The number of nitrogens with one attached hydrogen (secondary N) is 1. The molecule has 0 saturated heterocycles. The Morgan fingerprint density at radius 1 is 1.00 bits per heavy atom. The van der Waals surface area contributed by atoms with Crippen LogP contribution in [0.2, 0.25) is 0 Å². The summed E-state index contributed by atoms with van der Waals surface area (Å²) in [6.45, 7) is 12.8. The first-order valence-electron chi connectivity index (χ1n) is 7.45. The van der Waals surface area contributed by atoms with E-state index in [1.165, 1.54) is 16.9 Å². The van der Waals surface area contributed by atoms with Gasteiger partial charge in [0.15, 0.2) is 5.13 Å². The van der Waals surface area contributed by atoms with Gasteiger partial charge in [0, 0.05) is 16.4 Å². The van der Waals surface area contributed by atoms with Gasteiger partial charge in [-0.25, -0.2) is 4.98 Å². The fourth-order valence-corrected chi connectivity index (χ4v) is 2.90. The molecule has 118 valence electrons. The van der Waals surface area contributed by atoms with E-state index in [9.17, 15) is 4.79 Å². The molecule has 1 aromatic heterocycles. The van der Waals surface area contributed by atoms with Crippen molar-refractivity contribution in [2.75, 3.05) is 5.32 Å². The zero-order valence-corrected chi connectivity index (χ0v) is 15.0. The third kappa shape index (κ3) is 3.95. The van der Waals surface area contributed by atoms with E-state index in [4.69, 9.17) is 0 Å². The molecular weight excluding hydrogens is 292 g/mol. The van der Waals surface area contributed by atoms with Crippen molar-refractivity contribution in [2.24, 2.45) is 0 Å². The molecule has 1 aromatic carbocycles. The Hall–Kier alpha value is -1.68. The molecule has 3 nitrogen and oxygen atoms in total. The van der Waals surface area contributed by atoms with Crippen LogP contribution in [-0.4, -0.2) is 10.9 Å². The molecule has 0 spiro atoms. The van der Waals surface area contributed by atoms with Gasteiger partial charge in [0.1, 0.15) is 0 Å². The highest BCUT2D eigenvalue weighted by molar-refractivity contribution is 7.14. The molecule has 2 aromatic rings. The molecule has 2 rings (SSSR count). The number of nitrogens with zero attached hydrogens (tertiary/aromatic N) is 1. The normalized spacial score (nSPS) is 12.3. The Morgan fingerprint density at radius 3 is 2.05 bits per heavy atom. The Bertz CT molecular complexity index is 658. The molecule has 0 unspecified atom stereocenters. The second-order valence-electron chi connectivity index (χ2n) is 7.57. The molecular formula is C18H24N2OS. The summed E-state index contributed by atoms with van der Waals surface area (Å²) in [7, 11) is 0. The summed E-state index contributed by atoms with van der Waals surface area (Å²) in [6, 6.07) is 7.76. The summed E-state index contributed by atoms with van der Waals surface area (Å²) >= 11 is 1.46. The van der Waals surface area contributed by atoms with Crippen molar-refractivity contribution in [3.8, 4) is 0 Å². The number of hydrogen-bond acceptors (Lipinski definition) is 3. The van der Waals surface area contributed by atoms with Crippen LogP contribution in [-0.2, 0) is 10.8 Å². The van der Waals surface area contributed by atoms with Crippen molar-refractivity contribution in [3.05, 3.63) is 46.5 Å². The second-order valence-corrected chi connectivity index (χ2v) is 8.43. The van der Waals surface area contributed by atoms with E-state index in [-0.39, 0.29) is 16.7 Å². The minimum atomic E-state index is -0.115. The number of benzene rings is 1. The number of aromatic nitrogens is 1. The number of amides is 1. The highest BCUT2D eigenvalue weighted by atomic mass is 32.1. The van der Waals surface area contributed by atoms with Crippen molar-refractivity contribution in [3.63, 3.8) is 0 Å². The monoisotopic (exact) mass is 316 g/mol. The molecule has 0 saturated carbocycles. The highest BCUT2D eigenvalue weighted by Crippen LogP contribution is 2.27. The lowest BCUT2D eigenvalue weighted by Crippen LogP contribution is -2.15. The Labute approximate surface area is 136 Å². The SMILES string of the molecule is CC(C)(C)c1ccc(C(=O)Nc2nc(C(C)(C)C)cs2)cc1. The molecule has 0 radical (unpaired) electrons. The Morgan fingerprint density at radius 2 is 1.59 bits per heavy atom. The van der Waals surface area contributed by atoms with Gasteiger partial charge >= 0.3 is 0 Å². The minimum Gasteiger partial charge on any atom is -0.298 e. The van der Waals surface area contributed by atoms with Gasteiger partial charge in [-0.2, -0.15) is 0 Å². The summed E-state index contributed by atoms with van der Waals surface area (Å²) < 4.78 is 0.